The Morgan fingerprint density at radius 2 is 1.38 bits per heavy atom. The molecule has 0 bridgehead atoms. The summed E-state index contributed by atoms with van der Waals surface area (Å²) in [6.45, 7) is 12.1. The highest BCUT2D eigenvalue weighted by molar-refractivity contribution is 6.05. The van der Waals surface area contributed by atoms with Gasteiger partial charge in [0.15, 0.2) is 11.5 Å². The van der Waals surface area contributed by atoms with Crippen LogP contribution in [0.25, 0.3) is 0 Å². The number of carbonyl (C=O) groups excluding carboxylic acids is 1. The molecule has 0 radical (unpaired) electrons. The summed E-state index contributed by atoms with van der Waals surface area (Å²) in [6, 6.07) is 22.1. The average Bonchev–Trinajstić information content (AvgIpc) is 2.92. The Hall–Kier alpha value is -3.71. The number of hydrogen-bond donors (Lipinski definition) is 1. The van der Waals surface area contributed by atoms with E-state index in [0.717, 1.165) is 44.1 Å². The summed E-state index contributed by atoms with van der Waals surface area (Å²) < 4.78 is 17.2. The Morgan fingerprint density at radius 3 is 1.95 bits per heavy atom. The first-order chi connectivity index (χ1) is 18.1. The maximum atomic E-state index is 13.1. The monoisotopic (exact) mass is 503 g/mol. The number of rotatable bonds is 11. The molecular formula is C30H37N3O4. The predicted molar refractivity (Wildman–Crippen MR) is 148 cm³/mol. The summed E-state index contributed by atoms with van der Waals surface area (Å²) >= 11 is 0. The van der Waals surface area contributed by atoms with Crippen molar-refractivity contribution >= 4 is 17.3 Å². The van der Waals surface area contributed by atoms with E-state index in [0.29, 0.717) is 42.6 Å². The summed E-state index contributed by atoms with van der Waals surface area (Å²) in [6.07, 6.45) is 0. The van der Waals surface area contributed by atoms with Gasteiger partial charge >= 0.3 is 0 Å². The van der Waals surface area contributed by atoms with Gasteiger partial charge in [0.1, 0.15) is 0 Å². The molecule has 196 valence electrons. The molecule has 0 saturated carbocycles. The molecule has 7 nitrogen and oxygen atoms in total. The lowest BCUT2D eigenvalue weighted by Gasteiger charge is -2.36. The summed E-state index contributed by atoms with van der Waals surface area (Å²) in [7, 11) is 0. The molecule has 1 N–H and O–H groups in total. The van der Waals surface area contributed by atoms with Crippen molar-refractivity contribution in [3.63, 3.8) is 0 Å². The highest BCUT2D eigenvalue weighted by atomic mass is 16.5. The largest absolute Gasteiger partial charge is 0.490 e. The van der Waals surface area contributed by atoms with Gasteiger partial charge < -0.3 is 24.4 Å². The van der Waals surface area contributed by atoms with Crippen LogP contribution in [0.1, 0.15) is 36.7 Å². The number of ether oxygens (including phenoxy) is 3. The van der Waals surface area contributed by atoms with Crippen LogP contribution in [0.5, 0.6) is 17.2 Å². The third-order valence-corrected chi connectivity index (χ3v) is 6.28. The number of benzene rings is 3. The van der Waals surface area contributed by atoms with Gasteiger partial charge in [-0.3, -0.25) is 9.69 Å². The fourth-order valence-corrected chi connectivity index (χ4v) is 4.48. The summed E-state index contributed by atoms with van der Waals surface area (Å²) in [5, 5.41) is 3.00. The molecule has 1 heterocycles. The van der Waals surface area contributed by atoms with Crippen molar-refractivity contribution < 1.29 is 19.0 Å². The van der Waals surface area contributed by atoms with Crippen molar-refractivity contribution in [3.8, 4) is 17.2 Å². The molecular weight excluding hydrogens is 466 g/mol. The Balaban J connectivity index is 1.38. The molecule has 37 heavy (non-hydrogen) atoms. The minimum absolute atomic E-state index is 0.229. The lowest BCUT2D eigenvalue weighted by atomic mass is 10.1. The smallest absolute Gasteiger partial charge is 0.255 e. The van der Waals surface area contributed by atoms with Gasteiger partial charge in [0.05, 0.1) is 19.8 Å². The Morgan fingerprint density at radius 1 is 0.784 bits per heavy atom. The van der Waals surface area contributed by atoms with Crippen molar-refractivity contribution in [1.29, 1.82) is 0 Å². The fourth-order valence-electron chi connectivity index (χ4n) is 4.48. The Bertz CT molecular complexity index is 1120. The molecule has 0 aromatic heterocycles. The molecule has 3 aromatic carbocycles. The van der Waals surface area contributed by atoms with Gasteiger partial charge in [-0.15, -0.1) is 0 Å². The van der Waals surface area contributed by atoms with E-state index in [4.69, 9.17) is 14.2 Å². The molecule has 1 aliphatic heterocycles. The van der Waals surface area contributed by atoms with Crippen LogP contribution in [0.4, 0.5) is 11.4 Å². The topological polar surface area (TPSA) is 63.3 Å². The minimum atomic E-state index is -0.229. The first kappa shape index (κ1) is 26.4. The first-order valence-corrected chi connectivity index (χ1v) is 13.1. The number of nitrogens with one attached hydrogen (secondary N) is 1. The second-order valence-corrected chi connectivity index (χ2v) is 8.85. The summed E-state index contributed by atoms with van der Waals surface area (Å²) in [5.74, 6) is 1.30. The van der Waals surface area contributed by atoms with E-state index in [1.165, 1.54) is 5.56 Å². The van der Waals surface area contributed by atoms with Gasteiger partial charge in [0.2, 0.25) is 5.75 Å². The SMILES string of the molecule is CCOc1cc(C(=O)Nc2ccc(N3CCN(Cc4ccccc4)CC3)cc2)cc(OCC)c1OCC. The number of carbonyl (C=O) groups is 1. The standard InChI is InChI=1S/C30H37N3O4/c1-4-35-27-20-24(21-28(36-5-2)29(27)37-6-3)30(34)31-25-12-14-26(15-13-25)33-18-16-32(17-19-33)22-23-10-8-7-9-11-23/h7-15,20-21H,4-6,16-19,22H2,1-3H3,(H,31,34). The first-order valence-electron chi connectivity index (χ1n) is 13.1. The number of nitrogens with zero attached hydrogens (tertiary/aromatic N) is 2. The molecule has 1 amide bonds. The number of piperazine rings is 1. The zero-order valence-corrected chi connectivity index (χ0v) is 22.0. The van der Waals surface area contributed by atoms with E-state index >= 15 is 0 Å². The molecule has 0 spiro atoms. The Kier molecular flexibility index (Phi) is 9.27. The highest BCUT2D eigenvalue weighted by Gasteiger charge is 2.20. The van der Waals surface area contributed by atoms with E-state index in [1.54, 1.807) is 12.1 Å². The molecule has 3 aromatic rings. The fraction of sp³-hybridized carbons (Fsp3) is 0.367. The van der Waals surface area contributed by atoms with Crippen molar-refractivity contribution in [2.75, 3.05) is 56.2 Å². The molecule has 1 aliphatic rings. The van der Waals surface area contributed by atoms with Crippen molar-refractivity contribution in [2.45, 2.75) is 27.3 Å². The molecule has 0 atom stereocenters. The normalized spacial score (nSPS) is 13.8. The average molecular weight is 504 g/mol. The van der Waals surface area contributed by atoms with Gasteiger partial charge in [0, 0.05) is 49.7 Å². The second kappa shape index (κ2) is 13.0. The third kappa shape index (κ3) is 6.95. The van der Waals surface area contributed by atoms with E-state index < -0.39 is 0 Å². The third-order valence-electron chi connectivity index (χ3n) is 6.28. The van der Waals surface area contributed by atoms with Crippen LogP contribution in [-0.2, 0) is 6.54 Å². The molecule has 0 unspecified atom stereocenters. The number of hydrogen-bond acceptors (Lipinski definition) is 6. The van der Waals surface area contributed by atoms with Crippen LogP contribution >= 0.6 is 0 Å². The Labute approximate surface area is 219 Å². The van der Waals surface area contributed by atoms with Crippen molar-refractivity contribution in [1.82, 2.24) is 4.90 Å². The zero-order chi connectivity index (χ0) is 26.0. The van der Waals surface area contributed by atoms with Crippen molar-refractivity contribution in [3.05, 3.63) is 77.9 Å². The van der Waals surface area contributed by atoms with Gasteiger partial charge in [-0.2, -0.15) is 0 Å². The van der Waals surface area contributed by atoms with E-state index in [-0.39, 0.29) is 5.91 Å². The lowest BCUT2D eigenvalue weighted by Crippen LogP contribution is -2.45. The maximum Gasteiger partial charge on any atom is 0.255 e. The highest BCUT2D eigenvalue weighted by Crippen LogP contribution is 2.39. The lowest BCUT2D eigenvalue weighted by molar-refractivity contribution is 0.102. The quantitative estimate of drug-likeness (QED) is 0.375. The van der Waals surface area contributed by atoms with Crippen LogP contribution in [0, 0.1) is 0 Å². The minimum Gasteiger partial charge on any atom is -0.490 e. The molecule has 1 saturated heterocycles. The van der Waals surface area contributed by atoms with E-state index in [1.807, 2.05) is 32.9 Å². The van der Waals surface area contributed by atoms with Gasteiger partial charge in [-0.25, -0.2) is 0 Å². The number of amides is 1. The molecule has 7 heteroatoms. The summed E-state index contributed by atoms with van der Waals surface area (Å²) in [4.78, 5) is 18.0. The summed E-state index contributed by atoms with van der Waals surface area (Å²) in [5.41, 5.74) is 3.70. The molecule has 4 rings (SSSR count). The van der Waals surface area contributed by atoms with Crippen LogP contribution in [0.3, 0.4) is 0 Å². The molecule has 1 fully saturated rings. The van der Waals surface area contributed by atoms with Crippen LogP contribution in [-0.4, -0.2) is 56.8 Å². The van der Waals surface area contributed by atoms with E-state index in [2.05, 4.69) is 57.6 Å². The van der Waals surface area contributed by atoms with E-state index in [9.17, 15) is 4.79 Å². The van der Waals surface area contributed by atoms with Crippen molar-refractivity contribution in [2.24, 2.45) is 0 Å². The van der Waals surface area contributed by atoms with Gasteiger partial charge in [0.25, 0.3) is 5.91 Å². The predicted octanol–water partition coefficient (Wildman–Crippen LogP) is 5.46. The molecule has 0 aliphatic carbocycles. The maximum absolute atomic E-state index is 13.1. The van der Waals surface area contributed by atoms with Crippen LogP contribution < -0.4 is 24.4 Å². The van der Waals surface area contributed by atoms with Crippen LogP contribution in [0.15, 0.2) is 66.7 Å². The number of anilines is 2. The van der Waals surface area contributed by atoms with Crippen LogP contribution in [0.2, 0.25) is 0 Å². The zero-order valence-electron chi connectivity index (χ0n) is 22.0. The van der Waals surface area contributed by atoms with Gasteiger partial charge in [-0.1, -0.05) is 30.3 Å². The van der Waals surface area contributed by atoms with Gasteiger partial charge in [-0.05, 0) is 62.7 Å². The second-order valence-electron chi connectivity index (χ2n) is 8.85.